The number of benzene rings is 2. The second kappa shape index (κ2) is 8.06. The van der Waals surface area contributed by atoms with Gasteiger partial charge in [-0.25, -0.2) is 0 Å². The maximum atomic E-state index is 5.89. The molecular weight excluding hydrogens is 328 g/mol. The van der Waals surface area contributed by atoms with Crippen LogP contribution in [0.4, 0.5) is 0 Å². The van der Waals surface area contributed by atoms with Crippen LogP contribution in [0.5, 0.6) is 17.2 Å². The van der Waals surface area contributed by atoms with E-state index in [-0.39, 0.29) is 6.10 Å². The average Bonchev–Trinajstić information content (AvgIpc) is 3.24. The minimum atomic E-state index is 0.216. The third-order valence-electron chi connectivity index (χ3n) is 4.44. The van der Waals surface area contributed by atoms with Crippen LogP contribution < -0.4 is 9.47 Å². The second-order valence-corrected chi connectivity index (χ2v) is 6.37. The molecule has 5 nitrogen and oxygen atoms in total. The molecule has 0 spiro atoms. The van der Waals surface area contributed by atoms with Crippen molar-refractivity contribution in [2.24, 2.45) is 0 Å². The van der Waals surface area contributed by atoms with E-state index in [0.29, 0.717) is 6.61 Å². The molecule has 1 atom stereocenters. The lowest BCUT2D eigenvalue weighted by molar-refractivity contribution is -0.0110. The van der Waals surface area contributed by atoms with Gasteiger partial charge in [0.1, 0.15) is 23.9 Å². The molecule has 1 aliphatic heterocycles. The Labute approximate surface area is 152 Å². The number of aromatic nitrogens is 2. The molecule has 1 saturated heterocycles. The third kappa shape index (κ3) is 4.24. The molecule has 1 N–H and O–H groups in total. The van der Waals surface area contributed by atoms with Crippen molar-refractivity contribution in [1.82, 2.24) is 10.2 Å². The van der Waals surface area contributed by atoms with Gasteiger partial charge in [-0.05, 0) is 79.4 Å². The fraction of sp³-hybridized carbons (Fsp3) is 0.286. The highest BCUT2D eigenvalue weighted by molar-refractivity contribution is 5.59. The van der Waals surface area contributed by atoms with Gasteiger partial charge < -0.3 is 14.2 Å². The van der Waals surface area contributed by atoms with Crippen LogP contribution in [0.3, 0.4) is 0 Å². The Morgan fingerprint density at radius 3 is 2.31 bits per heavy atom. The highest BCUT2D eigenvalue weighted by atomic mass is 16.5. The van der Waals surface area contributed by atoms with E-state index in [2.05, 4.69) is 10.2 Å². The lowest BCUT2D eigenvalue weighted by Gasteiger charge is -2.22. The number of aromatic amines is 1. The van der Waals surface area contributed by atoms with Crippen molar-refractivity contribution in [3.05, 3.63) is 60.8 Å². The summed E-state index contributed by atoms with van der Waals surface area (Å²) in [4.78, 5) is 0. The molecular formula is C21H22N2O3. The third-order valence-corrected chi connectivity index (χ3v) is 4.44. The van der Waals surface area contributed by atoms with E-state index in [0.717, 1.165) is 48.0 Å². The van der Waals surface area contributed by atoms with E-state index in [1.54, 1.807) is 6.20 Å². The van der Waals surface area contributed by atoms with E-state index in [9.17, 15) is 0 Å². The van der Waals surface area contributed by atoms with Gasteiger partial charge in [-0.2, -0.15) is 5.10 Å². The summed E-state index contributed by atoms with van der Waals surface area (Å²) in [5.41, 5.74) is 2.06. The predicted octanol–water partition coefficient (Wildman–Crippen LogP) is 4.82. The van der Waals surface area contributed by atoms with Crippen LogP contribution in [0.25, 0.3) is 11.3 Å². The number of hydrogen-bond acceptors (Lipinski definition) is 4. The zero-order valence-electron chi connectivity index (χ0n) is 14.6. The van der Waals surface area contributed by atoms with Gasteiger partial charge in [0.2, 0.25) is 0 Å². The van der Waals surface area contributed by atoms with E-state index < -0.39 is 0 Å². The summed E-state index contributed by atoms with van der Waals surface area (Å²) in [6.45, 7) is 1.45. The first-order chi connectivity index (χ1) is 12.9. The fourth-order valence-electron chi connectivity index (χ4n) is 2.99. The molecule has 1 aliphatic rings. The van der Waals surface area contributed by atoms with Gasteiger partial charge in [-0.1, -0.05) is 0 Å². The Kier molecular flexibility index (Phi) is 5.17. The van der Waals surface area contributed by atoms with E-state index >= 15 is 0 Å². The summed E-state index contributed by atoms with van der Waals surface area (Å²) in [7, 11) is 0. The van der Waals surface area contributed by atoms with Crippen LogP contribution in [0, 0.1) is 0 Å². The Morgan fingerprint density at radius 1 is 0.923 bits per heavy atom. The molecule has 2 aromatic carbocycles. The van der Waals surface area contributed by atoms with Crippen molar-refractivity contribution < 1.29 is 14.2 Å². The zero-order chi connectivity index (χ0) is 17.6. The Bertz CT molecular complexity index is 792. The monoisotopic (exact) mass is 350 g/mol. The zero-order valence-corrected chi connectivity index (χ0v) is 14.6. The summed E-state index contributed by atoms with van der Waals surface area (Å²) >= 11 is 0. The molecule has 3 aromatic rings. The highest BCUT2D eigenvalue weighted by Gasteiger charge is 2.14. The lowest BCUT2D eigenvalue weighted by Crippen LogP contribution is -2.25. The van der Waals surface area contributed by atoms with Crippen LogP contribution in [-0.4, -0.2) is 29.5 Å². The van der Waals surface area contributed by atoms with Crippen LogP contribution in [0.1, 0.15) is 19.3 Å². The maximum absolute atomic E-state index is 5.89. The molecule has 26 heavy (non-hydrogen) atoms. The number of nitrogens with zero attached hydrogens (tertiary/aromatic N) is 1. The summed E-state index contributed by atoms with van der Waals surface area (Å²) < 4.78 is 17.4. The highest BCUT2D eigenvalue weighted by Crippen LogP contribution is 2.26. The van der Waals surface area contributed by atoms with Gasteiger partial charge in [0.25, 0.3) is 0 Å². The van der Waals surface area contributed by atoms with Crippen LogP contribution in [0.15, 0.2) is 60.8 Å². The molecule has 0 amide bonds. The molecule has 1 fully saturated rings. The van der Waals surface area contributed by atoms with E-state index in [4.69, 9.17) is 14.2 Å². The Hall–Kier alpha value is -2.79. The molecule has 0 aliphatic carbocycles. The quantitative estimate of drug-likeness (QED) is 0.693. The molecule has 4 rings (SSSR count). The summed E-state index contributed by atoms with van der Waals surface area (Å²) in [5.74, 6) is 2.40. The standard InChI is InChI=1S/C21H22N2O3/c1-2-14-24-20(3-1)15-25-17-8-10-19(11-9-17)26-18-6-4-16(5-7-18)21-12-13-22-23-21/h4-13,20H,1-3,14-15H2,(H,22,23). The minimum Gasteiger partial charge on any atom is -0.491 e. The minimum absolute atomic E-state index is 0.216. The number of H-pyrrole nitrogens is 1. The Balaban J connectivity index is 1.32. The van der Waals surface area contributed by atoms with Gasteiger partial charge in [-0.15, -0.1) is 0 Å². The fourth-order valence-corrected chi connectivity index (χ4v) is 2.99. The van der Waals surface area contributed by atoms with Crippen molar-refractivity contribution in [1.29, 1.82) is 0 Å². The molecule has 134 valence electrons. The number of hydrogen-bond donors (Lipinski definition) is 1. The van der Waals surface area contributed by atoms with Crippen LogP contribution in [0.2, 0.25) is 0 Å². The number of ether oxygens (including phenoxy) is 3. The molecule has 1 unspecified atom stereocenters. The summed E-state index contributed by atoms with van der Waals surface area (Å²) in [5, 5.41) is 6.92. The molecule has 2 heterocycles. The summed E-state index contributed by atoms with van der Waals surface area (Å²) in [6.07, 6.45) is 5.42. The topological polar surface area (TPSA) is 56.4 Å². The van der Waals surface area contributed by atoms with Gasteiger partial charge >= 0.3 is 0 Å². The van der Waals surface area contributed by atoms with Crippen LogP contribution >= 0.6 is 0 Å². The second-order valence-electron chi connectivity index (χ2n) is 6.37. The van der Waals surface area contributed by atoms with Gasteiger partial charge in [0.05, 0.1) is 11.8 Å². The van der Waals surface area contributed by atoms with Crippen molar-refractivity contribution in [3.63, 3.8) is 0 Å². The molecule has 0 saturated carbocycles. The van der Waals surface area contributed by atoms with Crippen molar-refractivity contribution in [3.8, 4) is 28.5 Å². The van der Waals surface area contributed by atoms with Gasteiger partial charge in [-0.3, -0.25) is 5.10 Å². The normalized spacial score (nSPS) is 17.0. The predicted molar refractivity (Wildman–Crippen MR) is 99.6 cm³/mol. The number of nitrogens with one attached hydrogen (secondary N) is 1. The van der Waals surface area contributed by atoms with Crippen molar-refractivity contribution in [2.75, 3.05) is 13.2 Å². The molecule has 1 aromatic heterocycles. The van der Waals surface area contributed by atoms with Crippen molar-refractivity contribution in [2.45, 2.75) is 25.4 Å². The average molecular weight is 350 g/mol. The first kappa shape index (κ1) is 16.7. The van der Waals surface area contributed by atoms with Gasteiger partial charge in [0, 0.05) is 12.8 Å². The Morgan fingerprint density at radius 2 is 1.65 bits per heavy atom. The lowest BCUT2D eigenvalue weighted by atomic mass is 10.1. The number of rotatable bonds is 6. The van der Waals surface area contributed by atoms with Crippen molar-refractivity contribution >= 4 is 0 Å². The molecule has 0 bridgehead atoms. The first-order valence-electron chi connectivity index (χ1n) is 8.99. The van der Waals surface area contributed by atoms with Gasteiger partial charge in [0.15, 0.2) is 0 Å². The summed E-state index contributed by atoms with van der Waals surface area (Å²) in [6, 6.07) is 17.5. The molecule has 0 radical (unpaired) electrons. The smallest absolute Gasteiger partial charge is 0.127 e. The SMILES string of the molecule is c1cc(-c2ccc(Oc3ccc(OCC4CCCCO4)cc3)cc2)[nH]n1. The molecule has 5 heteroatoms. The van der Waals surface area contributed by atoms with E-state index in [1.807, 2.05) is 54.6 Å². The first-order valence-corrected chi connectivity index (χ1v) is 8.99. The van der Waals surface area contributed by atoms with Crippen LogP contribution in [-0.2, 0) is 4.74 Å². The van der Waals surface area contributed by atoms with E-state index in [1.165, 1.54) is 6.42 Å². The maximum Gasteiger partial charge on any atom is 0.127 e. The largest absolute Gasteiger partial charge is 0.491 e.